The molecule has 1 aromatic heterocycles. The first-order chi connectivity index (χ1) is 9.39. The van der Waals surface area contributed by atoms with Crippen molar-refractivity contribution in [1.29, 1.82) is 0 Å². The largest absolute Gasteiger partial charge is 0.294 e. The maximum absolute atomic E-state index is 11.6. The number of hydrogen-bond donors (Lipinski definition) is 1. The molecule has 6 nitrogen and oxygen atoms in total. The lowest BCUT2D eigenvalue weighted by Gasteiger charge is -2.10. The van der Waals surface area contributed by atoms with E-state index in [4.69, 9.17) is 5.14 Å². The highest BCUT2D eigenvalue weighted by Crippen LogP contribution is 2.40. The Morgan fingerprint density at radius 2 is 2.05 bits per heavy atom. The molecule has 1 aliphatic carbocycles. The predicted molar refractivity (Wildman–Crippen MR) is 82.6 cm³/mol. The van der Waals surface area contributed by atoms with Gasteiger partial charge in [-0.05, 0) is 47.9 Å². The molecule has 0 aliphatic heterocycles. The number of aryl methyl sites for hydroxylation is 1. The molecule has 0 saturated heterocycles. The van der Waals surface area contributed by atoms with Gasteiger partial charge < -0.3 is 0 Å². The molecular formula is C12H13IN4O2S. The van der Waals surface area contributed by atoms with Crippen molar-refractivity contribution in [1.82, 2.24) is 14.8 Å². The maximum atomic E-state index is 11.6. The SMILES string of the molecule is Cc1cccc(-c2nnc(S(N)(=O)=O)n2C2CC2)c1I. The highest BCUT2D eigenvalue weighted by atomic mass is 127. The fourth-order valence-corrected chi connectivity index (χ4v) is 3.40. The highest BCUT2D eigenvalue weighted by Gasteiger charge is 2.34. The van der Waals surface area contributed by atoms with Gasteiger partial charge in [-0.15, -0.1) is 10.2 Å². The monoisotopic (exact) mass is 404 g/mol. The summed E-state index contributed by atoms with van der Waals surface area (Å²) in [5.74, 6) is 0.574. The third-order valence-corrected chi connectivity index (χ3v) is 5.48. The van der Waals surface area contributed by atoms with Crippen LogP contribution in [0.2, 0.25) is 0 Å². The van der Waals surface area contributed by atoms with E-state index in [1.54, 1.807) is 4.57 Å². The first kappa shape index (κ1) is 14.0. The van der Waals surface area contributed by atoms with Gasteiger partial charge in [0.05, 0.1) is 0 Å². The van der Waals surface area contributed by atoms with Crippen molar-refractivity contribution in [2.24, 2.45) is 5.14 Å². The molecule has 2 N–H and O–H groups in total. The molecule has 1 saturated carbocycles. The van der Waals surface area contributed by atoms with Gasteiger partial charge in [0.1, 0.15) is 0 Å². The molecular weight excluding hydrogens is 391 g/mol. The van der Waals surface area contributed by atoms with E-state index in [9.17, 15) is 8.42 Å². The van der Waals surface area contributed by atoms with Crippen LogP contribution in [0, 0.1) is 10.5 Å². The van der Waals surface area contributed by atoms with Crippen LogP contribution in [0.25, 0.3) is 11.4 Å². The van der Waals surface area contributed by atoms with Gasteiger partial charge in [0, 0.05) is 15.2 Å². The van der Waals surface area contributed by atoms with E-state index in [2.05, 4.69) is 32.8 Å². The van der Waals surface area contributed by atoms with Crippen molar-refractivity contribution >= 4 is 32.6 Å². The summed E-state index contributed by atoms with van der Waals surface area (Å²) in [6.07, 6.45) is 1.85. The zero-order valence-corrected chi connectivity index (χ0v) is 13.7. The van der Waals surface area contributed by atoms with Gasteiger partial charge in [-0.1, -0.05) is 18.2 Å². The average molecular weight is 404 g/mol. The normalized spacial score (nSPS) is 15.6. The van der Waals surface area contributed by atoms with Gasteiger partial charge in [-0.2, -0.15) is 0 Å². The third-order valence-electron chi connectivity index (χ3n) is 3.26. The number of nitrogens with two attached hydrogens (primary N) is 1. The van der Waals surface area contributed by atoms with Crippen LogP contribution < -0.4 is 5.14 Å². The summed E-state index contributed by atoms with van der Waals surface area (Å²) < 4.78 is 26.0. The molecule has 1 aliphatic rings. The Morgan fingerprint density at radius 3 is 2.65 bits per heavy atom. The van der Waals surface area contributed by atoms with Crippen LogP contribution in [0.15, 0.2) is 23.4 Å². The zero-order valence-electron chi connectivity index (χ0n) is 10.7. The molecule has 3 rings (SSSR count). The number of aromatic nitrogens is 3. The minimum Gasteiger partial charge on any atom is -0.294 e. The second kappa shape index (κ2) is 4.78. The van der Waals surface area contributed by atoms with E-state index in [0.717, 1.165) is 27.5 Å². The van der Waals surface area contributed by atoms with Gasteiger partial charge in [-0.3, -0.25) is 4.57 Å². The number of benzene rings is 1. The fourth-order valence-electron chi connectivity index (χ4n) is 2.14. The predicted octanol–water partition coefficient (Wildman–Crippen LogP) is 1.84. The lowest BCUT2D eigenvalue weighted by molar-refractivity contribution is 0.567. The summed E-state index contributed by atoms with van der Waals surface area (Å²) in [5, 5.41) is 12.9. The summed E-state index contributed by atoms with van der Waals surface area (Å²) >= 11 is 2.24. The topological polar surface area (TPSA) is 90.9 Å². The van der Waals surface area contributed by atoms with E-state index in [-0.39, 0.29) is 11.2 Å². The van der Waals surface area contributed by atoms with Crippen LogP contribution in [-0.2, 0) is 10.0 Å². The van der Waals surface area contributed by atoms with E-state index in [1.807, 2.05) is 25.1 Å². The standard InChI is InChI=1S/C12H13IN4O2S/c1-7-3-2-4-9(10(7)13)11-15-16-12(20(14,18)19)17(11)8-5-6-8/h2-4,8H,5-6H2,1H3,(H2,14,18,19). The quantitative estimate of drug-likeness (QED) is 0.791. The summed E-state index contributed by atoms with van der Waals surface area (Å²) in [7, 11) is -3.86. The third kappa shape index (κ3) is 2.35. The Kier molecular flexibility index (Phi) is 3.33. The molecule has 2 aromatic rings. The van der Waals surface area contributed by atoms with Gasteiger partial charge in [-0.25, -0.2) is 13.6 Å². The number of sulfonamides is 1. The lowest BCUT2D eigenvalue weighted by atomic mass is 10.1. The Labute approximate surface area is 130 Å². The number of hydrogen-bond acceptors (Lipinski definition) is 4. The number of halogens is 1. The second-order valence-corrected chi connectivity index (χ2v) is 7.42. The van der Waals surface area contributed by atoms with Crippen molar-refractivity contribution in [3.8, 4) is 11.4 Å². The Balaban J connectivity index is 2.25. The second-order valence-electron chi connectivity index (χ2n) is 4.89. The molecule has 8 heteroatoms. The van der Waals surface area contributed by atoms with Crippen LogP contribution in [0.4, 0.5) is 0 Å². The number of primary sulfonamides is 1. The Hall–Kier alpha value is -1.00. The first-order valence-electron chi connectivity index (χ1n) is 6.13. The Bertz CT molecular complexity index is 781. The molecule has 0 spiro atoms. The molecule has 0 amide bonds. The van der Waals surface area contributed by atoms with Gasteiger partial charge in [0.25, 0.3) is 15.2 Å². The van der Waals surface area contributed by atoms with Crippen LogP contribution in [0.5, 0.6) is 0 Å². The average Bonchev–Trinajstić information content (AvgIpc) is 3.10. The van der Waals surface area contributed by atoms with Gasteiger partial charge in [0.15, 0.2) is 5.82 Å². The van der Waals surface area contributed by atoms with Crippen LogP contribution in [0.3, 0.4) is 0 Å². The van der Waals surface area contributed by atoms with Crippen LogP contribution in [-0.4, -0.2) is 23.2 Å². The summed E-state index contributed by atoms with van der Waals surface area (Å²) in [6.45, 7) is 2.00. The summed E-state index contributed by atoms with van der Waals surface area (Å²) in [4.78, 5) is 0. The molecule has 106 valence electrons. The minimum atomic E-state index is -3.86. The fraction of sp³-hybridized carbons (Fsp3) is 0.333. The van der Waals surface area contributed by atoms with Crippen molar-refractivity contribution in [3.05, 3.63) is 27.3 Å². The van der Waals surface area contributed by atoms with E-state index in [1.165, 1.54) is 0 Å². The van der Waals surface area contributed by atoms with Crippen molar-refractivity contribution in [2.45, 2.75) is 31.0 Å². The van der Waals surface area contributed by atoms with Gasteiger partial charge >= 0.3 is 0 Å². The molecule has 0 atom stereocenters. The maximum Gasteiger partial charge on any atom is 0.273 e. The molecule has 1 aromatic carbocycles. The smallest absolute Gasteiger partial charge is 0.273 e. The molecule has 1 fully saturated rings. The molecule has 1 heterocycles. The highest BCUT2D eigenvalue weighted by molar-refractivity contribution is 14.1. The van der Waals surface area contributed by atoms with E-state index in [0.29, 0.717) is 5.82 Å². The minimum absolute atomic E-state index is 0.129. The number of rotatable bonds is 3. The molecule has 0 bridgehead atoms. The van der Waals surface area contributed by atoms with E-state index >= 15 is 0 Å². The van der Waals surface area contributed by atoms with Crippen molar-refractivity contribution in [2.75, 3.05) is 0 Å². The molecule has 0 radical (unpaired) electrons. The van der Waals surface area contributed by atoms with Gasteiger partial charge in [0.2, 0.25) is 0 Å². The molecule has 0 unspecified atom stereocenters. The van der Waals surface area contributed by atoms with Crippen LogP contribution in [0.1, 0.15) is 24.4 Å². The van der Waals surface area contributed by atoms with Crippen molar-refractivity contribution < 1.29 is 8.42 Å². The number of nitrogens with zero attached hydrogens (tertiary/aromatic N) is 3. The zero-order chi connectivity index (χ0) is 14.5. The molecule has 20 heavy (non-hydrogen) atoms. The van der Waals surface area contributed by atoms with E-state index < -0.39 is 10.0 Å². The van der Waals surface area contributed by atoms with Crippen LogP contribution >= 0.6 is 22.6 Å². The first-order valence-corrected chi connectivity index (χ1v) is 8.75. The summed E-state index contributed by atoms with van der Waals surface area (Å²) in [5.41, 5.74) is 2.01. The van der Waals surface area contributed by atoms with Crippen molar-refractivity contribution in [3.63, 3.8) is 0 Å². The summed E-state index contributed by atoms with van der Waals surface area (Å²) in [6, 6.07) is 5.98. The lowest BCUT2D eigenvalue weighted by Crippen LogP contribution is -2.18. The Morgan fingerprint density at radius 1 is 1.35 bits per heavy atom.